The van der Waals surface area contributed by atoms with Gasteiger partial charge in [-0.2, -0.15) is 5.10 Å². The largest absolute Gasteiger partial charge is 0.158 e. The van der Waals surface area contributed by atoms with Crippen LogP contribution in [0, 0.1) is 0 Å². The summed E-state index contributed by atoms with van der Waals surface area (Å²) in [6.07, 6.45) is 2.71. The number of benzene rings is 3. The highest BCUT2D eigenvalue weighted by molar-refractivity contribution is 5.94. The highest BCUT2D eigenvalue weighted by Crippen LogP contribution is 2.29. The molecule has 0 radical (unpaired) electrons. The summed E-state index contributed by atoms with van der Waals surface area (Å²) in [6.45, 7) is 0. The van der Waals surface area contributed by atoms with Crippen molar-refractivity contribution in [3.8, 4) is 11.3 Å². The van der Waals surface area contributed by atoms with Gasteiger partial charge in [-0.05, 0) is 17.5 Å². The van der Waals surface area contributed by atoms with Crippen molar-refractivity contribution in [1.82, 2.24) is 10.2 Å². The fraction of sp³-hybridized carbons (Fsp3) is 0.0476. The van der Waals surface area contributed by atoms with Crippen LogP contribution in [0.2, 0.25) is 0 Å². The number of rotatable bonds is 3. The Bertz CT molecular complexity index is 940. The zero-order valence-electron chi connectivity index (χ0n) is 12.7. The van der Waals surface area contributed by atoms with Gasteiger partial charge < -0.3 is 0 Å². The second-order valence-electron chi connectivity index (χ2n) is 5.60. The molecule has 0 saturated heterocycles. The number of hydrogen-bond donors (Lipinski definition) is 0. The molecule has 4 aromatic rings. The van der Waals surface area contributed by atoms with E-state index >= 15 is 0 Å². The van der Waals surface area contributed by atoms with Gasteiger partial charge in [-0.25, -0.2) is 0 Å². The van der Waals surface area contributed by atoms with E-state index in [-0.39, 0.29) is 0 Å². The molecule has 3 aromatic carbocycles. The standard InChI is InChI=1S/C21H16N2/c1-2-8-16(9-3-1)14-17-10-4-6-12-19(17)21-20-13-7-5-11-18(20)15-22-23-21/h1-13,15H,14H2. The fourth-order valence-electron chi connectivity index (χ4n) is 2.95. The molecule has 0 spiro atoms. The van der Waals surface area contributed by atoms with Crippen molar-refractivity contribution in [3.05, 3.63) is 96.2 Å². The lowest BCUT2D eigenvalue weighted by molar-refractivity contribution is 1.05. The average molecular weight is 296 g/mol. The van der Waals surface area contributed by atoms with E-state index in [9.17, 15) is 0 Å². The topological polar surface area (TPSA) is 25.8 Å². The Kier molecular flexibility index (Phi) is 3.57. The summed E-state index contributed by atoms with van der Waals surface area (Å²) in [5.74, 6) is 0. The van der Waals surface area contributed by atoms with E-state index in [1.807, 2.05) is 24.4 Å². The highest BCUT2D eigenvalue weighted by Gasteiger charge is 2.10. The maximum absolute atomic E-state index is 4.43. The SMILES string of the molecule is c1ccc(Cc2ccccc2-c2nncc3ccccc23)cc1. The Hall–Kier alpha value is -3.00. The predicted molar refractivity (Wildman–Crippen MR) is 94.2 cm³/mol. The summed E-state index contributed by atoms with van der Waals surface area (Å²) in [5, 5.41) is 10.9. The molecule has 1 aromatic heterocycles. The van der Waals surface area contributed by atoms with Gasteiger partial charge >= 0.3 is 0 Å². The number of fused-ring (bicyclic) bond motifs is 1. The fourth-order valence-corrected chi connectivity index (χ4v) is 2.95. The summed E-state index contributed by atoms with van der Waals surface area (Å²) in [7, 11) is 0. The maximum Gasteiger partial charge on any atom is 0.101 e. The molecular formula is C21H16N2. The maximum atomic E-state index is 4.43. The van der Waals surface area contributed by atoms with E-state index < -0.39 is 0 Å². The van der Waals surface area contributed by atoms with Gasteiger partial charge in [0.15, 0.2) is 0 Å². The average Bonchev–Trinajstić information content (AvgIpc) is 2.63. The van der Waals surface area contributed by atoms with Crippen LogP contribution in [0.1, 0.15) is 11.1 Å². The summed E-state index contributed by atoms with van der Waals surface area (Å²) < 4.78 is 0. The van der Waals surface area contributed by atoms with Crippen LogP contribution in [-0.4, -0.2) is 10.2 Å². The van der Waals surface area contributed by atoms with Gasteiger partial charge in [0.05, 0.1) is 6.20 Å². The van der Waals surface area contributed by atoms with Crippen LogP contribution in [-0.2, 0) is 6.42 Å². The van der Waals surface area contributed by atoms with Crippen LogP contribution >= 0.6 is 0 Å². The van der Waals surface area contributed by atoms with Crippen molar-refractivity contribution in [3.63, 3.8) is 0 Å². The van der Waals surface area contributed by atoms with Crippen molar-refractivity contribution in [2.45, 2.75) is 6.42 Å². The van der Waals surface area contributed by atoms with Crippen molar-refractivity contribution in [1.29, 1.82) is 0 Å². The van der Waals surface area contributed by atoms with Gasteiger partial charge in [0.1, 0.15) is 5.69 Å². The van der Waals surface area contributed by atoms with Crippen LogP contribution in [0.25, 0.3) is 22.0 Å². The molecule has 0 aliphatic rings. The molecule has 0 N–H and O–H groups in total. The molecule has 0 amide bonds. The summed E-state index contributed by atoms with van der Waals surface area (Å²) in [6, 6.07) is 27.2. The first-order chi connectivity index (χ1) is 11.4. The molecule has 0 fully saturated rings. The molecule has 0 aliphatic carbocycles. The minimum Gasteiger partial charge on any atom is -0.158 e. The Morgan fingerprint density at radius 2 is 1.43 bits per heavy atom. The first-order valence-electron chi connectivity index (χ1n) is 7.74. The zero-order valence-corrected chi connectivity index (χ0v) is 12.7. The number of aromatic nitrogens is 2. The highest BCUT2D eigenvalue weighted by atomic mass is 15.1. The van der Waals surface area contributed by atoms with E-state index in [0.717, 1.165) is 28.5 Å². The van der Waals surface area contributed by atoms with Crippen LogP contribution in [0.4, 0.5) is 0 Å². The van der Waals surface area contributed by atoms with Crippen LogP contribution in [0.5, 0.6) is 0 Å². The van der Waals surface area contributed by atoms with E-state index in [2.05, 4.69) is 70.9 Å². The predicted octanol–water partition coefficient (Wildman–Crippen LogP) is 4.89. The van der Waals surface area contributed by atoms with E-state index in [4.69, 9.17) is 0 Å². The molecule has 0 atom stereocenters. The molecule has 0 aliphatic heterocycles. The Balaban J connectivity index is 1.86. The third-order valence-electron chi connectivity index (χ3n) is 4.08. The lowest BCUT2D eigenvalue weighted by atomic mass is 9.96. The lowest BCUT2D eigenvalue weighted by Gasteiger charge is -2.11. The second-order valence-corrected chi connectivity index (χ2v) is 5.60. The number of hydrogen-bond acceptors (Lipinski definition) is 2. The smallest absolute Gasteiger partial charge is 0.101 e. The third kappa shape index (κ3) is 2.71. The zero-order chi connectivity index (χ0) is 15.5. The minimum atomic E-state index is 0.891. The van der Waals surface area contributed by atoms with Gasteiger partial charge in [0, 0.05) is 16.3 Å². The summed E-state index contributed by atoms with van der Waals surface area (Å²) in [5.41, 5.74) is 4.67. The summed E-state index contributed by atoms with van der Waals surface area (Å²) >= 11 is 0. The first kappa shape index (κ1) is 13.6. The molecule has 1 heterocycles. The molecule has 0 saturated carbocycles. The van der Waals surface area contributed by atoms with Gasteiger partial charge in [-0.3, -0.25) is 0 Å². The van der Waals surface area contributed by atoms with Gasteiger partial charge in [0.25, 0.3) is 0 Å². The second kappa shape index (κ2) is 6.01. The third-order valence-corrected chi connectivity index (χ3v) is 4.08. The minimum absolute atomic E-state index is 0.891. The van der Waals surface area contributed by atoms with Gasteiger partial charge in [-0.1, -0.05) is 78.9 Å². The van der Waals surface area contributed by atoms with Crippen LogP contribution in [0.3, 0.4) is 0 Å². The first-order valence-corrected chi connectivity index (χ1v) is 7.74. The molecular weight excluding hydrogens is 280 g/mol. The normalized spacial score (nSPS) is 10.8. The Labute approximate surface area is 135 Å². The van der Waals surface area contributed by atoms with Crippen molar-refractivity contribution >= 4 is 10.8 Å². The molecule has 4 rings (SSSR count). The molecule has 23 heavy (non-hydrogen) atoms. The molecule has 110 valence electrons. The van der Waals surface area contributed by atoms with Gasteiger partial charge in [-0.15, -0.1) is 5.10 Å². The Morgan fingerprint density at radius 1 is 0.696 bits per heavy atom. The Morgan fingerprint density at radius 3 is 2.35 bits per heavy atom. The van der Waals surface area contributed by atoms with Crippen molar-refractivity contribution < 1.29 is 0 Å². The van der Waals surface area contributed by atoms with Crippen LogP contribution in [0.15, 0.2) is 85.1 Å². The van der Waals surface area contributed by atoms with E-state index in [0.29, 0.717) is 0 Å². The van der Waals surface area contributed by atoms with Crippen molar-refractivity contribution in [2.75, 3.05) is 0 Å². The van der Waals surface area contributed by atoms with E-state index in [1.165, 1.54) is 11.1 Å². The van der Waals surface area contributed by atoms with Gasteiger partial charge in [0.2, 0.25) is 0 Å². The molecule has 2 nitrogen and oxygen atoms in total. The summed E-state index contributed by atoms with van der Waals surface area (Å²) in [4.78, 5) is 0. The van der Waals surface area contributed by atoms with Crippen molar-refractivity contribution in [2.24, 2.45) is 0 Å². The monoisotopic (exact) mass is 296 g/mol. The van der Waals surface area contributed by atoms with Crippen LogP contribution < -0.4 is 0 Å². The van der Waals surface area contributed by atoms with E-state index in [1.54, 1.807) is 0 Å². The number of nitrogens with zero attached hydrogens (tertiary/aromatic N) is 2. The lowest BCUT2D eigenvalue weighted by Crippen LogP contribution is -1.96. The molecule has 0 unspecified atom stereocenters. The molecule has 2 heteroatoms. The molecule has 0 bridgehead atoms. The quantitative estimate of drug-likeness (QED) is 0.538.